The van der Waals surface area contributed by atoms with Gasteiger partial charge in [-0.15, -0.1) is 11.3 Å². The van der Waals surface area contributed by atoms with Crippen LogP contribution in [0.4, 0.5) is 0 Å². The second-order valence-corrected chi connectivity index (χ2v) is 7.90. The molecule has 0 saturated carbocycles. The summed E-state index contributed by atoms with van der Waals surface area (Å²) >= 11 is 7.47. The molecule has 1 aliphatic heterocycles. The van der Waals surface area contributed by atoms with Gasteiger partial charge in [0, 0.05) is 29.5 Å². The number of halogens is 1. The Balaban J connectivity index is 1.69. The Morgan fingerprint density at radius 2 is 1.96 bits per heavy atom. The second kappa shape index (κ2) is 6.44. The molecule has 0 radical (unpaired) electrons. The Morgan fingerprint density at radius 1 is 1.28 bits per heavy atom. The second-order valence-electron chi connectivity index (χ2n) is 6.43. The number of carbonyl (C=O) groups is 1. The molecule has 4 rings (SSSR count). The molecule has 3 heterocycles. The molecule has 0 spiro atoms. The summed E-state index contributed by atoms with van der Waals surface area (Å²) in [4.78, 5) is 16.5. The van der Waals surface area contributed by atoms with Crippen molar-refractivity contribution in [2.45, 2.75) is 25.8 Å². The lowest BCUT2D eigenvalue weighted by atomic mass is 10.1. The standard InChI is InChI=1S/C18H19ClN4OS/c1-11-15-10-16(17(24)22-8-6-13(20)7-9-22)25-18(15)23(21-11)14-4-2-12(19)3-5-14/h2-5,10,13H,6-9,20H2,1H3. The van der Waals surface area contributed by atoms with Gasteiger partial charge < -0.3 is 10.6 Å². The van der Waals surface area contributed by atoms with E-state index in [1.54, 1.807) is 0 Å². The fourth-order valence-electron chi connectivity index (χ4n) is 3.17. The quantitative estimate of drug-likeness (QED) is 0.745. The summed E-state index contributed by atoms with van der Waals surface area (Å²) in [6.45, 7) is 3.43. The lowest BCUT2D eigenvalue weighted by Crippen LogP contribution is -2.42. The van der Waals surface area contributed by atoms with Crippen molar-refractivity contribution in [1.29, 1.82) is 0 Å². The molecule has 2 N–H and O–H groups in total. The van der Waals surface area contributed by atoms with Gasteiger partial charge in [0.2, 0.25) is 0 Å². The summed E-state index contributed by atoms with van der Waals surface area (Å²) in [7, 11) is 0. The predicted molar refractivity (Wildman–Crippen MR) is 102 cm³/mol. The van der Waals surface area contributed by atoms with E-state index in [9.17, 15) is 4.79 Å². The molecule has 2 aromatic heterocycles. The van der Waals surface area contributed by atoms with Crippen molar-refractivity contribution in [2.24, 2.45) is 5.73 Å². The summed E-state index contributed by atoms with van der Waals surface area (Å²) in [6, 6.07) is 9.73. The molecule has 7 heteroatoms. The smallest absolute Gasteiger partial charge is 0.264 e. The first-order valence-corrected chi connectivity index (χ1v) is 9.52. The van der Waals surface area contributed by atoms with Gasteiger partial charge in [-0.3, -0.25) is 4.79 Å². The number of hydrogen-bond donors (Lipinski definition) is 1. The van der Waals surface area contributed by atoms with E-state index in [-0.39, 0.29) is 11.9 Å². The Morgan fingerprint density at radius 3 is 2.64 bits per heavy atom. The minimum Gasteiger partial charge on any atom is -0.338 e. The number of piperidine rings is 1. The molecule has 1 aliphatic rings. The molecule has 0 unspecified atom stereocenters. The van der Waals surface area contributed by atoms with E-state index in [0.29, 0.717) is 5.02 Å². The number of rotatable bonds is 2. The largest absolute Gasteiger partial charge is 0.338 e. The molecule has 0 aliphatic carbocycles. The van der Waals surface area contributed by atoms with Gasteiger partial charge >= 0.3 is 0 Å². The van der Waals surface area contributed by atoms with Gasteiger partial charge in [-0.25, -0.2) is 4.68 Å². The average Bonchev–Trinajstić information content (AvgIpc) is 3.17. The van der Waals surface area contributed by atoms with Gasteiger partial charge in [-0.1, -0.05) is 11.6 Å². The normalized spacial score (nSPS) is 15.9. The highest BCUT2D eigenvalue weighted by molar-refractivity contribution is 7.20. The van der Waals surface area contributed by atoms with Crippen LogP contribution in [0.3, 0.4) is 0 Å². The molecule has 1 saturated heterocycles. The SMILES string of the molecule is Cc1nn(-c2ccc(Cl)cc2)c2sc(C(=O)N3CCC(N)CC3)cc12. The summed E-state index contributed by atoms with van der Waals surface area (Å²) in [5.74, 6) is 0.0927. The maximum absolute atomic E-state index is 12.8. The van der Waals surface area contributed by atoms with Crippen LogP contribution in [0.15, 0.2) is 30.3 Å². The molecular weight excluding hydrogens is 356 g/mol. The lowest BCUT2D eigenvalue weighted by molar-refractivity contribution is 0.0720. The third kappa shape index (κ3) is 3.05. The number of aromatic nitrogens is 2. The lowest BCUT2D eigenvalue weighted by Gasteiger charge is -2.29. The summed E-state index contributed by atoms with van der Waals surface area (Å²) in [5, 5.41) is 6.33. The van der Waals surface area contributed by atoms with Crippen LogP contribution in [-0.2, 0) is 0 Å². The van der Waals surface area contributed by atoms with E-state index in [2.05, 4.69) is 5.10 Å². The van der Waals surface area contributed by atoms with Crippen molar-refractivity contribution in [3.05, 3.63) is 45.9 Å². The van der Waals surface area contributed by atoms with Crippen LogP contribution in [0, 0.1) is 6.92 Å². The van der Waals surface area contributed by atoms with Crippen LogP contribution in [0.1, 0.15) is 28.2 Å². The Labute approximate surface area is 155 Å². The average molecular weight is 375 g/mol. The van der Waals surface area contributed by atoms with E-state index in [1.807, 2.05) is 46.8 Å². The van der Waals surface area contributed by atoms with Gasteiger partial charge in [0.1, 0.15) is 4.83 Å². The first kappa shape index (κ1) is 16.6. The Hall–Kier alpha value is -1.89. The Kier molecular flexibility index (Phi) is 4.27. The molecule has 0 bridgehead atoms. The van der Waals surface area contributed by atoms with E-state index in [1.165, 1.54) is 11.3 Å². The number of benzene rings is 1. The van der Waals surface area contributed by atoms with Crippen molar-refractivity contribution < 1.29 is 4.79 Å². The van der Waals surface area contributed by atoms with Crippen LogP contribution in [-0.4, -0.2) is 39.7 Å². The monoisotopic (exact) mass is 374 g/mol. The number of amides is 1. The topological polar surface area (TPSA) is 64.2 Å². The predicted octanol–water partition coefficient (Wildman–Crippen LogP) is 3.61. The number of thiophene rings is 1. The maximum atomic E-state index is 12.8. The zero-order chi connectivity index (χ0) is 17.6. The summed E-state index contributed by atoms with van der Waals surface area (Å²) in [6.07, 6.45) is 1.74. The minimum absolute atomic E-state index is 0.0927. The van der Waals surface area contributed by atoms with Gasteiger partial charge in [-0.2, -0.15) is 5.10 Å². The van der Waals surface area contributed by atoms with Crippen molar-refractivity contribution in [3.8, 4) is 5.69 Å². The van der Waals surface area contributed by atoms with Crippen molar-refractivity contribution in [3.63, 3.8) is 0 Å². The number of fused-ring (bicyclic) bond motifs is 1. The molecule has 1 aromatic carbocycles. The molecule has 0 atom stereocenters. The molecule has 3 aromatic rings. The van der Waals surface area contributed by atoms with Crippen LogP contribution in [0.2, 0.25) is 5.02 Å². The molecule has 1 fully saturated rings. The molecular formula is C18H19ClN4OS. The summed E-state index contributed by atoms with van der Waals surface area (Å²) in [5.41, 5.74) is 7.79. The maximum Gasteiger partial charge on any atom is 0.264 e. The van der Waals surface area contributed by atoms with Crippen LogP contribution >= 0.6 is 22.9 Å². The molecule has 1 amide bonds. The first-order valence-electron chi connectivity index (χ1n) is 8.33. The van der Waals surface area contributed by atoms with Gasteiger partial charge in [0.05, 0.1) is 16.3 Å². The van der Waals surface area contributed by atoms with Gasteiger partial charge in [0.25, 0.3) is 5.91 Å². The van der Waals surface area contributed by atoms with E-state index in [4.69, 9.17) is 17.3 Å². The third-order valence-corrected chi connectivity index (χ3v) is 6.00. The number of hydrogen-bond acceptors (Lipinski definition) is 4. The zero-order valence-electron chi connectivity index (χ0n) is 13.9. The highest BCUT2D eigenvalue weighted by Gasteiger charge is 2.24. The number of nitrogens with zero attached hydrogens (tertiary/aromatic N) is 3. The van der Waals surface area contributed by atoms with Gasteiger partial charge in [0.15, 0.2) is 0 Å². The van der Waals surface area contributed by atoms with Crippen LogP contribution < -0.4 is 5.73 Å². The molecule has 5 nitrogen and oxygen atoms in total. The first-order chi connectivity index (χ1) is 12.0. The molecule has 25 heavy (non-hydrogen) atoms. The van der Waals surface area contributed by atoms with Crippen molar-refractivity contribution in [1.82, 2.24) is 14.7 Å². The van der Waals surface area contributed by atoms with Crippen LogP contribution in [0.25, 0.3) is 15.9 Å². The number of aryl methyl sites for hydroxylation is 1. The van der Waals surface area contributed by atoms with E-state index < -0.39 is 0 Å². The molecule has 130 valence electrons. The number of carbonyl (C=O) groups excluding carboxylic acids is 1. The highest BCUT2D eigenvalue weighted by Crippen LogP contribution is 2.31. The number of nitrogens with two attached hydrogens (primary N) is 1. The van der Waals surface area contributed by atoms with Crippen molar-refractivity contribution >= 4 is 39.1 Å². The fraction of sp³-hybridized carbons (Fsp3) is 0.333. The summed E-state index contributed by atoms with van der Waals surface area (Å²) < 4.78 is 1.88. The number of likely N-dealkylation sites (tertiary alicyclic amines) is 1. The fourth-order valence-corrected chi connectivity index (χ4v) is 4.45. The van der Waals surface area contributed by atoms with E-state index >= 15 is 0 Å². The highest BCUT2D eigenvalue weighted by atomic mass is 35.5. The minimum atomic E-state index is 0.0927. The Bertz CT molecular complexity index is 923. The third-order valence-electron chi connectivity index (χ3n) is 4.65. The van der Waals surface area contributed by atoms with Gasteiger partial charge in [-0.05, 0) is 50.1 Å². The van der Waals surface area contributed by atoms with Crippen LogP contribution in [0.5, 0.6) is 0 Å². The van der Waals surface area contributed by atoms with E-state index in [0.717, 1.165) is 52.4 Å². The zero-order valence-corrected chi connectivity index (χ0v) is 15.5. The van der Waals surface area contributed by atoms with Crippen molar-refractivity contribution in [2.75, 3.05) is 13.1 Å².